The third-order valence-electron chi connectivity index (χ3n) is 0.767. The van der Waals surface area contributed by atoms with Crippen LogP contribution in [-0.4, -0.2) is 24.8 Å². The highest BCUT2D eigenvalue weighted by Gasteiger charge is 1.88. The lowest BCUT2D eigenvalue weighted by Crippen LogP contribution is -2.24. The molecule has 0 aromatic rings. The van der Waals surface area contributed by atoms with Crippen molar-refractivity contribution >= 4 is 0 Å². The second-order valence-corrected chi connectivity index (χ2v) is 1.37. The van der Waals surface area contributed by atoms with E-state index in [-0.39, 0.29) is 27.5 Å². The van der Waals surface area contributed by atoms with Crippen LogP contribution >= 0.6 is 0 Å². The van der Waals surface area contributed by atoms with Gasteiger partial charge in [-0.25, -0.2) is 0 Å². The van der Waals surface area contributed by atoms with E-state index in [1.807, 2.05) is 14.0 Å². The molecule has 2 nitrogen and oxygen atoms in total. The molecule has 0 amide bonds. The first-order valence-electron chi connectivity index (χ1n) is 2.09. The van der Waals surface area contributed by atoms with Crippen molar-refractivity contribution in [3.63, 3.8) is 0 Å². The van der Waals surface area contributed by atoms with E-state index in [1.54, 1.807) is 0 Å². The van der Waals surface area contributed by atoms with Crippen molar-refractivity contribution in [1.29, 1.82) is 0 Å². The van der Waals surface area contributed by atoms with Gasteiger partial charge in [0, 0.05) is 6.04 Å². The van der Waals surface area contributed by atoms with Gasteiger partial charge in [0.1, 0.15) is 0 Å². The highest BCUT2D eigenvalue weighted by atomic mass is 16.3. The Kier molecular flexibility index (Phi) is 19.6. The van der Waals surface area contributed by atoms with Crippen molar-refractivity contribution in [2.24, 2.45) is 0 Å². The van der Waals surface area contributed by atoms with Crippen LogP contribution in [0.4, 0.5) is 0 Å². The Bertz CT molecular complexity index is 27.7. The standard InChI is InChI=1S/C4H11NO.2CH4/c1-4(3-6)5-2;;/h4-6H,3H2,1-2H3;2*1H4. The lowest BCUT2D eigenvalue weighted by molar-refractivity contribution is 0.258. The van der Waals surface area contributed by atoms with E-state index in [0.29, 0.717) is 0 Å². The van der Waals surface area contributed by atoms with Crippen molar-refractivity contribution in [3.05, 3.63) is 0 Å². The summed E-state index contributed by atoms with van der Waals surface area (Å²) in [6.45, 7) is 2.14. The first-order chi connectivity index (χ1) is 2.81. The number of likely N-dealkylation sites (N-methyl/N-ethyl adjacent to an activating group) is 1. The Balaban J connectivity index is -0.000000125. The molecule has 0 saturated heterocycles. The van der Waals surface area contributed by atoms with E-state index in [4.69, 9.17) is 5.11 Å². The molecule has 0 rings (SSSR count). The van der Waals surface area contributed by atoms with Gasteiger partial charge in [-0.1, -0.05) is 14.9 Å². The van der Waals surface area contributed by atoms with Gasteiger partial charge in [0.2, 0.25) is 0 Å². The van der Waals surface area contributed by atoms with Crippen LogP contribution in [0.15, 0.2) is 0 Å². The number of nitrogens with one attached hydrogen (secondary N) is 1. The summed E-state index contributed by atoms with van der Waals surface area (Å²) in [5.41, 5.74) is 0. The molecule has 0 aliphatic carbocycles. The molecular weight excluding hydrogens is 102 g/mol. The van der Waals surface area contributed by atoms with E-state index in [9.17, 15) is 0 Å². The van der Waals surface area contributed by atoms with Crippen molar-refractivity contribution < 1.29 is 5.11 Å². The molecule has 0 heterocycles. The van der Waals surface area contributed by atoms with Gasteiger partial charge in [-0.2, -0.15) is 0 Å². The van der Waals surface area contributed by atoms with Gasteiger partial charge < -0.3 is 10.4 Å². The number of hydrogen-bond acceptors (Lipinski definition) is 2. The van der Waals surface area contributed by atoms with Crippen LogP contribution in [0.3, 0.4) is 0 Å². The minimum atomic E-state index is 0. The van der Waals surface area contributed by atoms with Crippen LogP contribution in [0.25, 0.3) is 0 Å². The van der Waals surface area contributed by atoms with Crippen LogP contribution in [-0.2, 0) is 0 Å². The molecule has 0 saturated carbocycles. The van der Waals surface area contributed by atoms with E-state index in [1.165, 1.54) is 0 Å². The first kappa shape index (κ1) is 15.7. The van der Waals surface area contributed by atoms with E-state index >= 15 is 0 Å². The highest BCUT2D eigenvalue weighted by Crippen LogP contribution is 1.69. The Labute approximate surface area is 52.9 Å². The van der Waals surface area contributed by atoms with Crippen molar-refractivity contribution in [1.82, 2.24) is 5.32 Å². The molecule has 54 valence electrons. The maximum atomic E-state index is 8.27. The lowest BCUT2D eigenvalue weighted by Gasteiger charge is -2.01. The third kappa shape index (κ3) is 9.33. The first-order valence-corrected chi connectivity index (χ1v) is 2.09. The molecule has 0 aromatic carbocycles. The predicted octanol–water partition coefficient (Wildman–Crippen LogP) is 0.859. The molecule has 1 atom stereocenters. The summed E-state index contributed by atoms with van der Waals surface area (Å²) in [4.78, 5) is 0. The molecule has 0 spiro atoms. The molecule has 8 heavy (non-hydrogen) atoms. The predicted molar refractivity (Wildman–Crippen MR) is 39.1 cm³/mol. The molecule has 0 radical (unpaired) electrons. The SMILES string of the molecule is C.C.CNC(C)CO. The molecule has 0 bridgehead atoms. The molecule has 2 heteroatoms. The highest BCUT2D eigenvalue weighted by molar-refractivity contribution is 4.49. The smallest absolute Gasteiger partial charge is 0.0581 e. The summed E-state index contributed by atoms with van der Waals surface area (Å²) in [6.07, 6.45) is 0. The zero-order valence-electron chi connectivity index (χ0n) is 4.23. The molecule has 0 aliphatic rings. The summed E-state index contributed by atoms with van der Waals surface area (Å²) in [5, 5.41) is 11.1. The Morgan fingerprint density at radius 1 is 1.50 bits per heavy atom. The van der Waals surface area contributed by atoms with Crippen LogP contribution < -0.4 is 5.32 Å². The van der Waals surface area contributed by atoms with Crippen LogP contribution in [0.5, 0.6) is 0 Å². The maximum Gasteiger partial charge on any atom is 0.0581 e. The van der Waals surface area contributed by atoms with Crippen LogP contribution in [0.1, 0.15) is 21.8 Å². The van der Waals surface area contributed by atoms with Gasteiger partial charge >= 0.3 is 0 Å². The van der Waals surface area contributed by atoms with Gasteiger partial charge in [-0.05, 0) is 14.0 Å². The maximum absolute atomic E-state index is 8.27. The van der Waals surface area contributed by atoms with E-state index in [2.05, 4.69) is 5.32 Å². The van der Waals surface area contributed by atoms with E-state index < -0.39 is 0 Å². The number of rotatable bonds is 2. The third-order valence-corrected chi connectivity index (χ3v) is 0.767. The summed E-state index contributed by atoms with van der Waals surface area (Å²) < 4.78 is 0. The minimum absolute atomic E-state index is 0. The fraction of sp³-hybridized carbons (Fsp3) is 1.00. The molecule has 1 unspecified atom stereocenters. The largest absolute Gasteiger partial charge is 0.395 e. The normalized spacial score (nSPS) is 10.9. The fourth-order valence-corrected chi connectivity index (χ4v) is 0.0913. The van der Waals surface area contributed by atoms with Crippen molar-refractivity contribution in [2.45, 2.75) is 27.8 Å². The minimum Gasteiger partial charge on any atom is -0.395 e. The Morgan fingerprint density at radius 2 is 1.88 bits per heavy atom. The molecule has 0 fully saturated rings. The van der Waals surface area contributed by atoms with Gasteiger partial charge in [0.05, 0.1) is 6.61 Å². The average molecular weight is 121 g/mol. The second kappa shape index (κ2) is 10.0. The summed E-state index contributed by atoms with van der Waals surface area (Å²) >= 11 is 0. The zero-order valence-corrected chi connectivity index (χ0v) is 4.23. The molecular formula is C6H19NO. The molecule has 2 N–H and O–H groups in total. The second-order valence-electron chi connectivity index (χ2n) is 1.37. The van der Waals surface area contributed by atoms with Crippen LogP contribution in [0.2, 0.25) is 0 Å². The number of aliphatic hydroxyl groups excluding tert-OH is 1. The zero-order chi connectivity index (χ0) is 4.99. The van der Waals surface area contributed by atoms with Gasteiger partial charge in [0.15, 0.2) is 0 Å². The van der Waals surface area contributed by atoms with Gasteiger partial charge in [-0.3, -0.25) is 0 Å². The topological polar surface area (TPSA) is 32.3 Å². The van der Waals surface area contributed by atoms with Gasteiger partial charge in [0.25, 0.3) is 0 Å². The van der Waals surface area contributed by atoms with Gasteiger partial charge in [-0.15, -0.1) is 0 Å². The van der Waals surface area contributed by atoms with E-state index in [0.717, 1.165) is 0 Å². The lowest BCUT2D eigenvalue weighted by atomic mass is 10.4. The summed E-state index contributed by atoms with van der Waals surface area (Å²) in [7, 11) is 1.82. The molecule has 0 aliphatic heterocycles. The Hall–Kier alpha value is -0.0800. The Morgan fingerprint density at radius 3 is 1.88 bits per heavy atom. The summed E-state index contributed by atoms with van der Waals surface area (Å²) in [5.74, 6) is 0. The quantitative estimate of drug-likeness (QED) is 0.568. The summed E-state index contributed by atoms with van der Waals surface area (Å²) in [6, 6.07) is 0.241. The average Bonchev–Trinajstić information content (AvgIpc) is 1.65. The number of aliphatic hydroxyl groups is 1. The fourth-order valence-electron chi connectivity index (χ4n) is 0.0913. The molecule has 0 aromatic heterocycles. The monoisotopic (exact) mass is 121 g/mol. The number of hydrogen-bond donors (Lipinski definition) is 2. The van der Waals surface area contributed by atoms with Crippen molar-refractivity contribution in [3.8, 4) is 0 Å². The van der Waals surface area contributed by atoms with Crippen molar-refractivity contribution in [2.75, 3.05) is 13.7 Å². The van der Waals surface area contributed by atoms with Crippen LogP contribution in [0, 0.1) is 0 Å².